The molecule has 1 heterocycles. The van der Waals surface area contributed by atoms with Crippen molar-refractivity contribution in [3.63, 3.8) is 0 Å². The molecule has 1 aliphatic rings. The van der Waals surface area contributed by atoms with Crippen LogP contribution in [-0.4, -0.2) is 11.5 Å². The summed E-state index contributed by atoms with van der Waals surface area (Å²) in [7, 11) is 0. The maximum Gasteiger partial charge on any atom is 0.0349 e. The molecule has 0 bridgehead atoms. The van der Waals surface area contributed by atoms with E-state index in [0.717, 1.165) is 18.4 Å². The molecule has 0 aliphatic heterocycles. The Bertz CT molecular complexity index is 336. The molecule has 2 heteroatoms. The van der Waals surface area contributed by atoms with Crippen molar-refractivity contribution in [1.82, 2.24) is 10.3 Å². The lowest BCUT2D eigenvalue weighted by molar-refractivity contribution is 0.223. The zero-order valence-corrected chi connectivity index (χ0v) is 11.7. The van der Waals surface area contributed by atoms with E-state index in [1.807, 2.05) is 12.4 Å². The van der Waals surface area contributed by atoms with Gasteiger partial charge in [0.05, 0.1) is 0 Å². The Morgan fingerprint density at radius 2 is 2.11 bits per heavy atom. The van der Waals surface area contributed by atoms with Crippen LogP contribution < -0.4 is 5.32 Å². The fourth-order valence-electron chi connectivity index (χ4n) is 3.21. The molecule has 18 heavy (non-hydrogen) atoms. The topological polar surface area (TPSA) is 24.9 Å². The molecule has 1 aromatic heterocycles. The van der Waals surface area contributed by atoms with Gasteiger partial charge in [-0.15, -0.1) is 0 Å². The minimum atomic E-state index is 0.524. The summed E-state index contributed by atoms with van der Waals surface area (Å²) in [6.45, 7) is 5.74. The largest absolute Gasteiger partial charge is 0.310 e. The molecule has 0 spiro atoms. The summed E-state index contributed by atoms with van der Waals surface area (Å²) in [5.74, 6) is 1.68. The number of nitrogens with one attached hydrogen (secondary N) is 1. The number of nitrogens with zero attached hydrogens (tertiary/aromatic N) is 1. The van der Waals surface area contributed by atoms with Gasteiger partial charge in [-0.25, -0.2) is 0 Å². The molecule has 2 rings (SSSR count). The summed E-state index contributed by atoms with van der Waals surface area (Å²) in [5, 5.41) is 3.75. The molecule has 0 saturated heterocycles. The smallest absolute Gasteiger partial charge is 0.0349 e. The van der Waals surface area contributed by atoms with Crippen LogP contribution in [0.15, 0.2) is 24.5 Å². The van der Waals surface area contributed by atoms with Crippen molar-refractivity contribution in [3.05, 3.63) is 30.1 Å². The van der Waals surface area contributed by atoms with Crippen LogP contribution in [0, 0.1) is 11.8 Å². The molecular weight excluding hydrogens is 220 g/mol. The molecule has 3 atom stereocenters. The minimum absolute atomic E-state index is 0.524. The molecule has 1 fully saturated rings. The lowest BCUT2D eigenvalue weighted by atomic mass is 9.77. The van der Waals surface area contributed by atoms with E-state index >= 15 is 0 Å². The normalized spacial score (nSPS) is 25.9. The van der Waals surface area contributed by atoms with E-state index in [-0.39, 0.29) is 0 Å². The summed E-state index contributed by atoms with van der Waals surface area (Å²) in [4.78, 5) is 4.14. The highest BCUT2D eigenvalue weighted by Crippen LogP contribution is 2.36. The molecule has 1 saturated carbocycles. The predicted molar refractivity (Wildman–Crippen MR) is 76.4 cm³/mol. The Hall–Kier alpha value is -0.890. The van der Waals surface area contributed by atoms with Gasteiger partial charge >= 0.3 is 0 Å². The number of rotatable bonds is 5. The fourth-order valence-corrected chi connectivity index (χ4v) is 3.21. The highest BCUT2D eigenvalue weighted by molar-refractivity contribution is 5.16. The van der Waals surface area contributed by atoms with Crippen molar-refractivity contribution in [2.75, 3.05) is 6.54 Å². The summed E-state index contributed by atoms with van der Waals surface area (Å²) >= 11 is 0. The molecule has 2 nitrogen and oxygen atoms in total. The number of pyridine rings is 1. The summed E-state index contributed by atoms with van der Waals surface area (Å²) in [6.07, 6.45) is 10.6. The third-order valence-electron chi connectivity index (χ3n) is 4.13. The summed E-state index contributed by atoms with van der Waals surface area (Å²) in [6, 6.07) is 4.87. The van der Waals surface area contributed by atoms with E-state index in [2.05, 4.69) is 36.3 Å². The van der Waals surface area contributed by atoms with Crippen molar-refractivity contribution in [2.45, 2.75) is 52.0 Å². The van der Waals surface area contributed by atoms with Gasteiger partial charge in [-0.2, -0.15) is 0 Å². The van der Waals surface area contributed by atoms with E-state index in [9.17, 15) is 0 Å². The monoisotopic (exact) mass is 246 g/mol. The number of hydrogen-bond donors (Lipinski definition) is 1. The lowest BCUT2D eigenvalue weighted by Gasteiger charge is -2.34. The van der Waals surface area contributed by atoms with Gasteiger partial charge < -0.3 is 5.32 Å². The predicted octanol–water partition coefficient (Wildman–Crippen LogP) is 3.95. The van der Waals surface area contributed by atoms with Gasteiger partial charge in [0.25, 0.3) is 0 Å². The zero-order chi connectivity index (χ0) is 12.8. The maximum absolute atomic E-state index is 4.14. The first-order valence-corrected chi connectivity index (χ1v) is 7.44. The van der Waals surface area contributed by atoms with Crippen LogP contribution in [0.4, 0.5) is 0 Å². The van der Waals surface area contributed by atoms with Gasteiger partial charge in [-0.05, 0) is 55.3 Å². The van der Waals surface area contributed by atoms with E-state index in [1.54, 1.807) is 0 Å². The Labute approximate surface area is 111 Å². The second-order valence-corrected chi connectivity index (χ2v) is 5.74. The van der Waals surface area contributed by atoms with E-state index in [0.29, 0.717) is 6.04 Å². The highest BCUT2D eigenvalue weighted by atomic mass is 14.9. The van der Waals surface area contributed by atoms with Gasteiger partial charge in [-0.3, -0.25) is 4.98 Å². The molecule has 1 aliphatic carbocycles. The zero-order valence-electron chi connectivity index (χ0n) is 11.7. The van der Waals surface area contributed by atoms with Crippen LogP contribution in [0.5, 0.6) is 0 Å². The first-order valence-electron chi connectivity index (χ1n) is 7.44. The first-order chi connectivity index (χ1) is 8.81. The molecule has 0 aromatic carbocycles. The molecule has 100 valence electrons. The first kappa shape index (κ1) is 13.5. The number of aromatic nitrogens is 1. The fraction of sp³-hybridized carbons (Fsp3) is 0.688. The van der Waals surface area contributed by atoms with Gasteiger partial charge in [0.1, 0.15) is 0 Å². The second kappa shape index (κ2) is 6.89. The molecule has 1 aromatic rings. The van der Waals surface area contributed by atoms with Gasteiger partial charge in [0, 0.05) is 18.4 Å². The third-order valence-corrected chi connectivity index (χ3v) is 4.13. The van der Waals surface area contributed by atoms with Crippen LogP contribution in [-0.2, 0) is 0 Å². The van der Waals surface area contributed by atoms with E-state index < -0.39 is 0 Å². The van der Waals surface area contributed by atoms with Crippen LogP contribution in [0.3, 0.4) is 0 Å². The van der Waals surface area contributed by atoms with Crippen LogP contribution in [0.2, 0.25) is 0 Å². The van der Waals surface area contributed by atoms with Crippen molar-refractivity contribution in [1.29, 1.82) is 0 Å². The minimum Gasteiger partial charge on any atom is -0.310 e. The molecule has 0 amide bonds. The quantitative estimate of drug-likeness (QED) is 0.851. The Kier molecular flexibility index (Phi) is 5.18. The lowest BCUT2D eigenvalue weighted by Crippen LogP contribution is -2.31. The SMILES string of the molecule is CCCNC(c1ccncc1)C1CCCC(C)C1. The van der Waals surface area contributed by atoms with Gasteiger partial charge in [0.15, 0.2) is 0 Å². The van der Waals surface area contributed by atoms with Crippen molar-refractivity contribution in [3.8, 4) is 0 Å². The van der Waals surface area contributed by atoms with E-state index in [4.69, 9.17) is 0 Å². The average molecular weight is 246 g/mol. The van der Waals surface area contributed by atoms with E-state index in [1.165, 1.54) is 37.7 Å². The molecule has 0 radical (unpaired) electrons. The van der Waals surface area contributed by atoms with Gasteiger partial charge in [-0.1, -0.05) is 26.7 Å². The highest BCUT2D eigenvalue weighted by Gasteiger charge is 2.27. The standard InChI is InChI=1S/C16H26N2/c1-3-9-18-16(14-7-10-17-11-8-14)15-6-4-5-13(2)12-15/h7-8,10-11,13,15-16,18H,3-6,9,12H2,1-2H3. The third kappa shape index (κ3) is 3.55. The second-order valence-electron chi connectivity index (χ2n) is 5.74. The molecular formula is C16H26N2. The Morgan fingerprint density at radius 1 is 1.33 bits per heavy atom. The number of hydrogen-bond acceptors (Lipinski definition) is 2. The Balaban J connectivity index is 2.09. The average Bonchev–Trinajstić information content (AvgIpc) is 2.40. The molecule has 1 N–H and O–H groups in total. The van der Waals surface area contributed by atoms with Crippen molar-refractivity contribution in [2.24, 2.45) is 11.8 Å². The van der Waals surface area contributed by atoms with Crippen LogP contribution in [0.25, 0.3) is 0 Å². The van der Waals surface area contributed by atoms with Crippen molar-refractivity contribution < 1.29 is 0 Å². The summed E-state index contributed by atoms with van der Waals surface area (Å²) < 4.78 is 0. The van der Waals surface area contributed by atoms with Crippen LogP contribution in [0.1, 0.15) is 57.6 Å². The van der Waals surface area contributed by atoms with Gasteiger partial charge in [0.2, 0.25) is 0 Å². The molecule has 3 unspecified atom stereocenters. The van der Waals surface area contributed by atoms with Crippen molar-refractivity contribution >= 4 is 0 Å². The Morgan fingerprint density at radius 3 is 2.78 bits per heavy atom. The van der Waals surface area contributed by atoms with Crippen LogP contribution >= 0.6 is 0 Å². The summed E-state index contributed by atoms with van der Waals surface area (Å²) in [5.41, 5.74) is 1.41. The maximum atomic E-state index is 4.14.